The maximum atomic E-state index is 13.6. The van der Waals surface area contributed by atoms with E-state index in [-0.39, 0.29) is 41.3 Å². The number of hydrogen-bond acceptors (Lipinski definition) is 7. The molecule has 8 nitrogen and oxygen atoms in total. The molecule has 2 aliphatic rings. The molecule has 0 spiro atoms. The minimum atomic E-state index is -0.863. The topological polar surface area (TPSA) is 116 Å². The lowest BCUT2D eigenvalue weighted by Gasteiger charge is -2.44. The number of carbonyl (C=O) groups is 2. The summed E-state index contributed by atoms with van der Waals surface area (Å²) in [5, 5.41) is 11.5. The molecule has 0 aromatic heterocycles. The van der Waals surface area contributed by atoms with E-state index in [1.807, 2.05) is 44.2 Å². The van der Waals surface area contributed by atoms with Gasteiger partial charge in [0.1, 0.15) is 5.82 Å². The number of benzene rings is 2. The van der Waals surface area contributed by atoms with Crippen LogP contribution in [0.5, 0.6) is 0 Å². The average Bonchev–Trinajstić information content (AvgIpc) is 2.78. The molecule has 8 heteroatoms. The normalized spacial score (nSPS) is 19.7. The summed E-state index contributed by atoms with van der Waals surface area (Å²) in [7, 11) is 0. The Hall–Kier alpha value is -3.94. The molecule has 1 unspecified atom stereocenters. The number of rotatable bonds is 5. The highest BCUT2D eigenvalue weighted by molar-refractivity contribution is 6.05. The zero-order valence-corrected chi connectivity index (χ0v) is 19.4. The number of esters is 1. The lowest BCUT2D eigenvalue weighted by Crippen LogP contribution is -2.43. The Morgan fingerprint density at radius 1 is 1.18 bits per heavy atom. The lowest BCUT2D eigenvalue weighted by molar-refractivity contribution is -0.384. The second kappa shape index (κ2) is 8.78. The second-order valence-corrected chi connectivity index (χ2v) is 9.28. The number of nitrogens with two attached hydrogens (primary N) is 1. The van der Waals surface area contributed by atoms with Crippen LogP contribution in [0.3, 0.4) is 0 Å². The van der Waals surface area contributed by atoms with E-state index in [0.717, 1.165) is 5.69 Å². The second-order valence-electron chi connectivity index (χ2n) is 9.28. The first-order valence-electron chi connectivity index (χ1n) is 11.2. The summed E-state index contributed by atoms with van der Waals surface area (Å²) in [6, 6.07) is 15.3. The first kappa shape index (κ1) is 23.2. The highest BCUT2D eigenvalue weighted by Crippen LogP contribution is 2.50. The average molecular weight is 462 g/mol. The molecule has 0 saturated carbocycles. The van der Waals surface area contributed by atoms with Crippen LogP contribution < -0.4 is 10.6 Å². The minimum Gasteiger partial charge on any atom is -0.463 e. The molecule has 0 fully saturated rings. The van der Waals surface area contributed by atoms with Crippen LogP contribution in [0.15, 0.2) is 77.3 Å². The monoisotopic (exact) mass is 461 g/mol. The van der Waals surface area contributed by atoms with Gasteiger partial charge in [-0.2, -0.15) is 0 Å². The van der Waals surface area contributed by atoms with Gasteiger partial charge in [-0.25, -0.2) is 4.79 Å². The van der Waals surface area contributed by atoms with Crippen LogP contribution in [0.25, 0.3) is 0 Å². The van der Waals surface area contributed by atoms with Crippen LogP contribution in [0.2, 0.25) is 0 Å². The van der Waals surface area contributed by atoms with Gasteiger partial charge < -0.3 is 10.5 Å². The van der Waals surface area contributed by atoms with Crippen molar-refractivity contribution in [2.75, 3.05) is 11.5 Å². The molecule has 4 rings (SSSR count). The Labute approximate surface area is 197 Å². The zero-order valence-electron chi connectivity index (χ0n) is 19.4. The summed E-state index contributed by atoms with van der Waals surface area (Å²) >= 11 is 0. The van der Waals surface area contributed by atoms with Crippen LogP contribution in [-0.4, -0.2) is 23.3 Å². The molecule has 2 N–H and O–H groups in total. The van der Waals surface area contributed by atoms with Crippen LogP contribution >= 0.6 is 0 Å². The molecule has 2 aromatic carbocycles. The van der Waals surface area contributed by atoms with Gasteiger partial charge in [0.15, 0.2) is 5.78 Å². The van der Waals surface area contributed by atoms with Crippen LogP contribution in [0, 0.1) is 15.5 Å². The first-order valence-corrected chi connectivity index (χ1v) is 11.2. The van der Waals surface area contributed by atoms with E-state index in [1.165, 1.54) is 12.1 Å². The fourth-order valence-electron chi connectivity index (χ4n) is 4.84. The molecular formula is C26H27N3O5. The maximum absolute atomic E-state index is 13.6. The van der Waals surface area contributed by atoms with E-state index < -0.39 is 16.8 Å². The molecule has 34 heavy (non-hydrogen) atoms. The molecular weight excluding hydrogens is 434 g/mol. The van der Waals surface area contributed by atoms with Crippen molar-refractivity contribution in [3.8, 4) is 0 Å². The summed E-state index contributed by atoms with van der Waals surface area (Å²) < 4.78 is 5.35. The molecule has 0 radical (unpaired) electrons. The quantitative estimate of drug-likeness (QED) is 0.394. The Balaban J connectivity index is 2.03. The van der Waals surface area contributed by atoms with Gasteiger partial charge >= 0.3 is 5.97 Å². The summed E-state index contributed by atoms with van der Waals surface area (Å²) in [5.74, 6) is -1.47. The standard InChI is InChI=1S/C26H27N3O5/c1-4-34-25(31)23-21(16-9-8-12-18(13-16)29(32)33)22-19(14-26(2,3)15-20(22)30)28(24(23)27)17-10-6-5-7-11-17/h5-13,21H,4,14-15,27H2,1-3H3. The van der Waals surface area contributed by atoms with Gasteiger partial charge in [-0.05, 0) is 36.5 Å². The fourth-order valence-corrected chi connectivity index (χ4v) is 4.84. The number of nitro benzene ring substituents is 1. The number of anilines is 1. The molecule has 0 saturated heterocycles. The van der Waals surface area contributed by atoms with Gasteiger partial charge in [-0.3, -0.25) is 19.8 Å². The smallest absolute Gasteiger partial charge is 0.338 e. The minimum absolute atomic E-state index is 0.109. The molecule has 1 aliphatic carbocycles. The van der Waals surface area contributed by atoms with E-state index in [1.54, 1.807) is 24.0 Å². The van der Waals surface area contributed by atoms with Crippen LogP contribution in [-0.2, 0) is 14.3 Å². The zero-order chi connectivity index (χ0) is 24.6. The van der Waals surface area contributed by atoms with Crippen molar-refractivity contribution in [1.82, 2.24) is 0 Å². The molecule has 1 atom stereocenters. The van der Waals surface area contributed by atoms with Crippen LogP contribution in [0.1, 0.15) is 45.1 Å². The van der Waals surface area contributed by atoms with E-state index in [4.69, 9.17) is 10.5 Å². The van der Waals surface area contributed by atoms with Crippen molar-refractivity contribution in [3.05, 3.63) is 92.9 Å². The number of nitro groups is 1. The fraction of sp³-hybridized carbons (Fsp3) is 0.308. The Bertz CT molecular complexity index is 1230. The number of non-ortho nitro benzene ring substituents is 1. The van der Waals surface area contributed by atoms with E-state index in [9.17, 15) is 19.7 Å². The van der Waals surface area contributed by atoms with Gasteiger partial charge in [0.2, 0.25) is 0 Å². The van der Waals surface area contributed by atoms with E-state index >= 15 is 0 Å². The SMILES string of the molecule is CCOC(=O)C1=C(N)N(c2ccccc2)C2=C(C(=O)CC(C)(C)C2)C1c1cccc([N+](=O)[O-])c1. The Kier molecular flexibility index (Phi) is 6.00. The lowest BCUT2D eigenvalue weighted by atomic mass is 9.68. The number of ketones is 1. The molecule has 1 heterocycles. The maximum Gasteiger partial charge on any atom is 0.338 e. The van der Waals surface area contributed by atoms with Crippen molar-refractivity contribution in [3.63, 3.8) is 0 Å². The molecule has 0 amide bonds. The summed E-state index contributed by atoms with van der Waals surface area (Å²) in [4.78, 5) is 39.6. The van der Waals surface area contributed by atoms with Gasteiger partial charge in [0.05, 0.1) is 23.0 Å². The number of nitrogens with zero attached hydrogens (tertiary/aromatic N) is 2. The number of allylic oxidation sites excluding steroid dienone is 2. The predicted molar refractivity (Wildman–Crippen MR) is 128 cm³/mol. The van der Waals surface area contributed by atoms with Gasteiger partial charge in [-0.15, -0.1) is 0 Å². The van der Waals surface area contributed by atoms with Crippen molar-refractivity contribution in [2.45, 2.75) is 39.5 Å². The number of carbonyl (C=O) groups excluding carboxylic acids is 2. The Morgan fingerprint density at radius 2 is 1.88 bits per heavy atom. The van der Waals surface area contributed by atoms with E-state index in [0.29, 0.717) is 23.3 Å². The van der Waals surface area contributed by atoms with Crippen molar-refractivity contribution < 1.29 is 19.2 Å². The van der Waals surface area contributed by atoms with Crippen LogP contribution in [0.4, 0.5) is 11.4 Å². The summed E-state index contributed by atoms with van der Waals surface area (Å²) in [6.45, 7) is 5.84. The van der Waals surface area contributed by atoms with Gasteiger partial charge in [0, 0.05) is 35.5 Å². The van der Waals surface area contributed by atoms with Crippen molar-refractivity contribution >= 4 is 23.1 Å². The Morgan fingerprint density at radius 3 is 2.53 bits per heavy atom. The number of para-hydroxylation sites is 1. The number of ether oxygens (including phenoxy) is 1. The van der Waals surface area contributed by atoms with Gasteiger partial charge in [0.25, 0.3) is 5.69 Å². The van der Waals surface area contributed by atoms with Crippen molar-refractivity contribution in [2.24, 2.45) is 11.1 Å². The first-order chi connectivity index (χ1) is 16.1. The molecule has 0 bridgehead atoms. The third-order valence-corrected chi connectivity index (χ3v) is 6.18. The van der Waals surface area contributed by atoms with E-state index in [2.05, 4.69) is 0 Å². The highest BCUT2D eigenvalue weighted by Gasteiger charge is 2.46. The third-order valence-electron chi connectivity index (χ3n) is 6.18. The molecule has 176 valence electrons. The largest absolute Gasteiger partial charge is 0.463 e. The summed E-state index contributed by atoms with van der Waals surface area (Å²) in [5.41, 5.74) is 8.64. The number of Topliss-reactive ketones (excluding diaryl/α,β-unsaturated/α-hetero) is 1. The van der Waals surface area contributed by atoms with Crippen molar-refractivity contribution in [1.29, 1.82) is 0 Å². The molecule has 1 aliphatic heterocycles. The highest BCUT2D eigenvalue weighted by atomic mass is 16.6. The predicted octanol–water partition coefficient (Wildman–Crippen LogP) is 4.58. The van der Waals surface area contributed by atoms with Gasteiger partial charge in [-0.1, -0.05) is 44.2 Å². The molecule has 2 aromatic rings. The third kappa shape index (κ3) is 4.07. The summed E-state index contributed by atoms with van der Waals surface area (Å²) in [6.07, 6.45) is 0.834. The number of hydrogen-bond donors (Lipinski definition) is 1.